The average molecular weight is 600 g/mol. The number of fused-ring (bicyclic) bond motifs is 2. The van der Waals surface area contributed by atoms with Gasteiger partial charge in [0, 0.05) is 47.1 Å². The van der Waals surface area contributed by atoms with Gasteiger partial charge >= 0.3 is 0 Å². The zero-order valence-corrected chi connectivity index (χ0v) is 25.3. The lowest BCUT2D eigenvalue weighted by atomic mass is 9.73. The number of aromatic nitrogens is 1. The molecule has 230 valence electrons. The number of hydrogen-bond acceptors (Lipinski definition) is 7. The zero-order chi connectivity index (χ0) is 30.8. The van der Waals surface area contributed by atoms with Gasteiger partial charge in [0.15, 0.2) is 0 Å². The van der Waals surface area contributed by atoms with Crippen molar-refractivity contribution in [2.24, 2.45) is 11.7 Å². The summed E-state index contributed by atoms with van der Waals surface area (Å²) in [5.41, 5.74) is 12.0. The first-order valence-corrected chi connectivity index (χ1v) is 15.4. The van der Waals surface area contributed by atoms with E-state index in [-0.39, 0.29) is 24.2 Å². The second kappa shape index (κ2) is 10.5. The topological polar surface area (TPSA) is 119 Å². The number of hydrogen-bond donors (Lipinski definition) is 3. The summed E-state index contributed by atoms with van der Waals surface area (Å²) in [4.78, 5) is 31.4. The van der Waals surface area contributed by atoms with Crippen molar-refractivity contribution < 1.29 is 23.5 Å². The fourth-order valence-corrected chi connectivity index (χ4v) is 6.71. The highest BCUT2D eigenvalue weighted by Gasteiger charge is 2.47. The molecule has 0 radical (unpaired) electrons. The maximum Gasteiger partial charge on any atom is 0.251 e. The van der Waals surface area contributed by atoms with Crippen molar-refractivity contribution in [3.8, 4) is 17.0 Å². The van der Waals surface area contributed by atoms with E-state index in [2.05, 4.69) is 28.9 Å². The molecule has 3 atom stereocenters. The second-order valence-corrected chi connectivity index (χ2v) is 13.0. The Labute approximate surface area is 256 Å². The van der Waals surface area contributed by atoms with E-state index in [9.17, 15) is 14.0 Å². The summed E-state index contributed by atoms with van der Waals surface area (Å²) in [7, 11) is 1.63. The molecular weight excluding hydrogens is 561 g/mol. The van der Waals surface area contributed by atoms with Crippen molar-refractivity contribution in [3.05, 3.63) is 82.7 Å². The lowest BCUT2D eigenvalue weighted by Gasteiger charge is -2.35. The van der Waals surface area contributed by atoms with Gasteiger partial charge in [-0.25, -0.2) is 14.8 Å². The van der Waals surface area contributed by atoms with Crippen LogP contribution in [0.3, 0.4) is 0 Å². The summed E-state index contributed by atoms with van der Waals surface area (Å²) < 4.78 is 25.6. The summed E-state index contributed by atoms with van der Waals surface area (Å²) in [6.07, 6.45) is 11.2. The number of hydrazine groups is 1. The molecule has 44 heavy (non-hydrogen) atoms. The molecule has 0 spiro atoms. The molecular formula is C34H38FN5O4. The number of carbonyl (C=O) groups is 2. The van der Waals surface area contributed by atoms with Gasteiger partial charge in [-0.2, -0.15) is 0 Å². The zero-order valence-electron chi connectivity index (χ0n) is 25.3. The van der Waals surface area contributed by atoms with E-state index >= 15 is 0 Å². The van der Waals surface area contributed by atoms with Crippen LogP contribution in [-0.2, 0) is 19.7 Å². The molecule has 10 heteroatoms. The van der Waals surface area contributed by atoms with Crippen LogP contribution in [0.5, 0.6) is 5.75 Å². The average Bonchev–Trinajstić information content (AvgIpc) is 3.69. The highest BCUT2D eigenvalue weighted by Crippen LogP contribution is 2.47. The number of amides is 2. The normalized spacial score (nSPS) is 26.4. The fourth-order valence-electron chi connectivity index (χ4n) is 6.71. The first kappa shape index (κ1) is 28.6. The number of ether oxygens (including phenoxy) is 2. The van der Waals surface area contributed by atoms with Crippen LogP contribution in [0, 0.1) is 11.7 Å². The van der Waals surface area contributed by atoms with E-state index in [0.717, 1.165) is 43.4 Å². The number of nitrogens with zero attached hydrogens (tertiary/aromatic N) is 2. The number of rotatable bonds is 9. The van der Waals surface area contributed by atoms with Gasteiger partial charge in [0.05, 0.1) is 7.11 Å². The molecule has 3 aliphatic carbocycles. The van der Waals surface area contributed by atoms with E-state index < -0.39 is 16.9 Å². The van der Waals surface area contributed by atoms with Crippen LogP contribution in [-0.4, -0.2) is 53.6 Å². The maximum absolute atomic E-state index is 13.8. The number of carbonyl (C=O) groups excluding carboxylic acids is 2. The predicted octanol–water partition coefficient (Wildman–Crippen LogP) is 4.12. The number of nitrogens with two attached hydrogens (primary N) is 1. The third-order valence-electron chi connectivity index (χ3n) is 10.1. The Morgan fingerprint density at radius 1 is 1.20 bits per heavy atom. The van der Waals surface area contributed by atoms with Gasteiger partial charge in [-0.1, -0.05) is 6.42 Å². The number of pyridine rings is 1. The number of primary amides is 1. The third kappa shape index (κ3) is 4.67. The van der Waals surface area contributed by atoms with Gasteiger partial charge in [0.1, 0.15) is 40.6 Å². The summed E-state index contributed by atoms with van der Waals surface area (Å²) in [5, 5.41) is 5.31. The molecule has 1 aromatic heterocycles. The van der Waals surface area contributed by atoms with Crippen molar-refractivity contribution in [2.75, 3.05) is 20.3 Å². The molecule has 2 aromatic rings. The third-order valence-corrected chi connectivity index (χ3v) is 10.1. The summed E-state index contributed by atoms with van der Waals surface area (Å²) in [6, 6.07) is 8.47. The lowest BCUT2D eigenvalue weighted by molar-refractivity contribution is -0.123. The molecule has 2 saturated carbocycles. The summed E-state index contributed by atoms with van der Waals surface area (Å²) in [5.74, 6) is 0.350. The highest BCUT2D eigenvalue weighted by molar-refractivity contribution is 5.97. The van der Waals surface area contributed by atoms with Crippen molar-refractivity contribution in [3.63, 3.8) is 0 Å². The molecule has 0 bridgehead atoms. The van der Waals surface area contributed by atoms with Crippen molar-refractivity contribution in [1.29, 1.82) is 0 Å². The van der Waals surface area contributed by atoms with Crippen molar-refractivity contribution in [2.45, 2.75) is 68.9 Å². The van der Waals surface area contributed by atoms with Gasteiger partial charge in [-0.05, 0) is 93.5 Å². The Balaban J connectivity index is 1.21. The Morgan fingerprint density at radius 2 is 1.95 bits per heavy atom. The van der Waals surface area contributed by atoms with Crippen LogP contribution in [0.4, 0.5) is 4.39 Å². The Morgan fingerprint density at radius 3 is 2.59 bits per heavy atom. The minimum atomic E-state index is -1.03. The molecule has 3 heterocycles. The number of halogens is 1. The highest BCUT2D eigenvalue weighted by atomic mass is 19.1. The van der Waals surface area contributed by atoms with Gasteiger partial charge in [0.25, 0.3) is 5.91 Å². The predicted molar refractivity (Wildman–Crippen MR) is 162 cm³/mol. The molecule has 5 aliphatic rings. The van der Waals surface area contributed by atoms with E-state index in [4.69, 9.17) is 20.2 Å². The second-order valence-electron chi connectivity index (χ2n) is 13.0. The van der Waals surface area contributed by atoms with Crippen LogP contribution in [0.25, 0.3) is 11.3 Å². The number of benzene rings is 1. The van der Waals surface area contributed by atoms with E-state index in [0.29, 0.717) is 52.4 Å². The lowest BCUT2D eigenvalue weighted by Crippen LogP contribution is -2.49. The van der Waals surface area contributed by atoms with E-state index in [1.165, 1.54) is 12.1 Å². The molecule has 2 amide bonds. The molecule has 2 fully saturated rings. The monoisotopic (exact) mass is 599 g/mol. The smallest absolute Gasteiger partial charge is 0.251 e. The SMILES string of the molecule is COC1=CC(C(=O)NC[C@H](c2cc3c(c(-c4ccc(F)cc4)n2)OC[C@]3(C)C(N)=O)C2CCC2)=CC2=CN(C3CC3)NC21C. The minimum Gasteiger partial charge on any atom is -0.499 e. The minimum absolute atomic E-state index is 0.103. The van der Waals surface area contributed by atoms with Gasteiger partial charge < -0.3 is 25.5 Å². The standard InChI is InChI=1S/C34H38FN5O4/c1-33(32(36)42)18-44-30-26(33)15-27(38-29(30)20-7-9-23(35)10-8-20)25(19-5-4-6-19)16-37-31(41)21-13-22-17-40(24-11-12-24)39-34(22,2)28(14-21)43-3/h7-10,13-15,17,19,24-25,39H,4-6,11-12,16,18H2,1-3H3,(H2,36,42)(H,37,41)/t25-,33-,34?/m0/s1. The molecule has 2 aliphatic heterocycles. The quantitative estimate of drug-likeness (QED) is 0.397. The molecule has 1 unspecified atom stereocenters. The fraction of sp³-hybridized carbons (Fsp3) is 0.441. The Bertz CT molecular complexity index is 1630. The molecule has 7 rings (SSSR count). The van der Waals surface area contributed by atoms with Gasteiger partial charge in [0.2, 0.25) is 5.91 Å². The van der Waals surface area contributed by atoms with Crippen LogP contribution < -0.4 is 21.2 Å². The van der Waals surface area contributed by atoms with Gasteiger partial charge in [-0.3, -0.25) is 9.59 Å². The largest absolute Gasteiger partial charge is 0.499 e. The first-order valence-electron chi connectivity index (χ1n) is 15.4. The van der Waals surface area contributed by atoms with Crippen molar-refractivity contribution in [1.82, 2.24) is 20.7 Å². The first-order chi connectivity index (χ1) is 21.1. The molecule has 4 N–H and O–H groups in total. The molecule has 1 aromatic carbocycles. The van der Waals surface area contributed by atoms with Gasteiger partial charge in [-0.15, -0.1) is 0 Å². The van der Waals surface area contributed by atoms with E-state index in [1.54, 1.807) is 26.2 Å². The molecule has 0 saturated heterocycles. The molecule has 9 nitrogen and oxygen atoms in total. The van der Waals surface area contributed by atoms with Crippen LogP contribution in [0.2, 0.25) is 0 Å². The maximum atomic E-state index is 13.8. The van der Waals surface area contributed by atoms with Crippen LogP contribution in [0.15, 0.2) is 65.6 Å². The Kier molecular flexibility index (Phi) is 6.80. The van der Waals surface area contributed by atoms with Crippen LogP contribution >= 0.6 is 0 Å². The summed E-state index contributed by atoms with van der Waals surface area (Å²) in [6.45, 7) is 4.31. The Hall–Kier alpha value is -4.18. The summed E-state index contributed by atoms with van der Waals surface area (Å²) >= 11 is 0. The number of methoxy groups -OCH3 is 1. The van der Waals surface area contributed by atoms with Crippen LogP contribution in [0.1, 0.15) is 63.1 Å². The number of nitrogens with one attached hydrogen (secondary N) is 2. The van der Waals surface area contributed by atoms with Crippen molar-refractivity contribution >= 4 is 11.8 Å². The van der Waals surface area contributed by atoms with E-state index in [1.807, 2.05) is 18.2 Å².